The Morgan fingerprint density at radius 3 is 2.57 bits per heavy atom. The summed E-state index contributed by atoms with van der Waals surface area (Å²) in [6.45, 7) is 5.15. The second-order valence-electron chi connectivity index (χ2n) is 6.38. The average Bonchev–Trinajstić information content (AvgIpc) is 2.70. The molecule has 7 heteroatoms. The Hall–Kier alpha value is -2.31. The van der Waals surface area contributed by atoms with Gasteiger partial charge in [-0.1, -0.05) is 36.7 Å². The van der Waals surface area contributed by atoms with E-state index in [1.54, 1.807) is 31.4 Å². The van der Waals surface area contributed by atoms with Crippen LogP contribution >= 0.6 is 23.8 Å². The number of amides is 1. The van der Waals surface area contributed by atoms with Crippen LogP contribution in [0.15, 0.2) is 48.5 Å². The summed E-state index contributed by atoms with van der Waals surface area (Å²) < 4.78 is 5.17. The Kier molecular flexibility index (Phi) is 8.54. The fourth-order valence-electron chi connectivity index (χ4n) is 2.69. The van der Waals surface area contributed by atoms with Gasteiger partial charge in [-0.3, -0.25) is 4.79 Å². The molecule has 150 valence electrons. The second kappa shape index (κ2) is 10.9. The van der Waals surface area contributed by atoms with E-state index in [1.165, 1.54) is 0 Å². The number of nitrogens with zero attached hydrogens (tertiary/aromatic N) is 1. The third-order valence-corrected chi connectivity index (χ3v) is 4.88. The smallest absolute Gasteiger partial charge is 0.246 e. The van der Waals surface area contributed by atoms with Crippen LogP contribution in [0.3, 0.4) is 0 Å². The summed E-state index contributed by atoms with van der Waals surface area (Å²) in [5.74, 6) is 0.676. The highest BCUT2D eigenvalue weighted by Crippen LogP contribution is 2.16. The predicted octanol–water partition coefficient (Wildman–Crippen LogP) is 4.46. The highest BCUT2D eigenvalue weighted by atomic mass is 35.5. The number of anilines is 1. The van der Waals surface area contributed by atoms with Crippen LogP contribution in [-0.4, -0.2) is 35.6 Å². The quantitative estimate of drug-likeness (QED) is 0.618. The molecule has 2 aromatic carbocycles. The normalized spacial score (nSPS) is 11.4. The van der Waals surface area contributed by atoms with Crippen molar-refractivity contribution in [2.24, 2.45) is 0 Å². The van der Waals surface area contributed by atoms with E-state index in [2.05, 4.69) is 17.6 Å². The van der Waals surface area contributed by atoms with E-state index in [4.69, 9.17) is 28.6 Å². The molecule has 0 saturated carbocycles. The van der Waals surface area contributed by atoms with Gasteiger partial charge >= 0.3 is 0 Å². The molecule has 0 aliphatic heterocycles. The molecule has 0 spiro atoms. The Bertz CT molecular complexity index is 798. The van der Waals surface area contributed by atoms with Crippen molar-refractivity contribution in [2.75, 3.05) is 19.0 Å². The van der Waals surface area contributed by atoms with Crippen molar-refractivity contribution in [3.05, 3.63) is 59.1 Å². The molecule has 0 aliphatic rings. The fourth-order valence-corrected chi connectivity index (χ4v) is 3.20. The van der Waals surface area contributed by atoms with E-state index in [9.17, 15) is 4.79 Å². The molecule has 28 heavy (non-hydrogen) atoms. The number of nitrogens with one attached hydrogen (secondary N) is 2. The maximum absolute atomic E-state index is 12.7. The van der Waals surface area contributed by atoms with Crippen molar-refractivity contribution >= 4 is 40.5 Å². The van der Waals surface area contributed by atoms with Crippen molar-refractivity contribution in [2.45, 2.75) is 32.9 Å². The average molecular weight is 420 g/mol. The van der Waals surface area contributed by atoms with E-state index >= 15 is 0 Å². The van der Waals surface area contributed by atoms with Crippen LogP contribution in [0, 0.1) is 0 Å². The summed E-state index contributed by atoms with van der Waals surface area (Å²) in [5, 5.41) is 7.27. The number of hydrogen-bond donors (Lipinski definition) is 2. The minimum atomic E-state index is -0.421. The number of rotatable bonds is 8. The summed E-state index contributed by atoms with van der Waals surface area (Å²) in [6, 6.07) is 14.4. The molecule has 2 rings (SSSR count). The third kappa shape index (κ3) is 6.39. The Morgan fingerprint density at radius 1 is 1.25 bits per heavy atom. The number of halogens is 1. The van der Waals surface area contributed by atoms with Gasteiger partial charge in [-0.25, -0.2) is 0 Å². The number of methoxy groups -OCH3 is 1. The molecule has 1 amide bonds. The molecule has 0 saturated heterocycles. The lowest BCUT2D eigenvalue weighted by molar-refractivity contribution is -0.119. The van der Waals surface area contributed by atoms with E-state index in [-0.39, 0.29) is 5.91 Å². The molecule has 2 N–H and O–H groups in total. The Labute approximate surface area is 177 Å². The summed E-state index contributed by atoms with van der Waals surface area (Å²) in [4.78, 5) is 14.6. The van der Waals surface area contributed by atoms with Crippen LogP contribution in [0.5, 0.6) is 5.75 Å². The number of carbonyl (C=O) groups is 1. The topological polar surface area (TPSA) is 53.6 Å². The first-order chi connectivity index (χ1) is 13.4. The van der Waals surface area contributed by atoms with Gasteiger partial charge in [0.15, 0.2) is 5.11 Å². The van der Waals surface area contributed by atoms with Crippen molar-refractivity contribution < 1.29 is 9.53 Å². The molecule has 0 heterocycles. The standard InChI is InChI=1S/C21H26ClN3O2S/c1-4-12-25(15(2)20(26)24-18-7-5-6-17(22)13-18)21(28)23-14-16-8-10-19(27-3)11-9-16/h5-11,13,15H,4,12,14H2,1-3H3,(H,23,28)(H,24,26)/t15-/m1/s1. The van der Waals surface area contributed by atoms with E-state index in [0.29, 0.717) is 28.9 Å². The maximum atomic E-state index is 12.7. The summed E-state index contributed by atoms with van der Waals surface area (Å²) in [7, 11) is 1.64. The van der Waals surface area contributed by atoms with Gasteiger partial charge in [0.1, 0.15) is 11.8 Å². The highest BCUT2D eigenvalue weighted by Gasteiger charge is 2.23. The molecule has 0 radical (unpaired) electrons. The van der Waals surface area contributed by atoms with Crippen LogP contribution in [0.2, 0.25) is 5.02 Å². The van der Waals surface area contributed by atoms with Gasteiger partial charge in [-0.15, -0.1) is 0 Å². The molecule has 0 aliphatic carbocycles. The largest absolute Gasteiger partial charge is 0.497 e. The summed E-state index contributed by atoms with van der Waals surface area (Å²) in [6.07, 6.45) is 0.874. The third-order valence-electron chi connectivity index (χ3n) is 4.27. The van der Waals surface area contributed by atoms with Gasteiger partial charge in [0.25, 0.3) is 0 Å². The zero-order valence-corrected chi connectivity index (χ0v) is 17.9. The Balaban J connectivity index is 1.98. The zero-order chi connectivity index (χ0) is 20.5. The van der Waals surface area contributed by atoms with Crippen LogP contribution in [0.1, 0.15) is 25.8 Å². The SMILES string of the molecule is CCCN(C(=S)NCc1ccc(OC)cc1)[C@H](C)C(=O)Nc1cccc(Cl)c1. The van der Waals surface area contributed by atoms with Gasteiger partial charge in [0.2, 0.25) is 5.91 Å². The predicted molar refractivity (Wildman–Crippen MR) is 119 cm³/mol. The monoisotopic (exact) mass is 419 g/mol. The van der Waals surface area contributed by atoms with Crippen molar-refractivity contribution in [1.82, 2.24) is 10.2 Å². The van der Waals surface area contributed by atoms with Gasteiger partial charge in [0, 0.05) is 23.8 Å². The first-order valence-electron chi connectivity index (χ1n) is 9.18. The summed E-state index contributed by atoms with van der Waals surface area (Å²) in [5.41, 5.74) is 1.74. The van der Waals surface area contributed by atoms with Crippen molar-refractivity contribution in [1.29, 1.82) is 0 Å². The minimum absolute atomic E-state index is 0.135. The van der Waals surface area contributed by atoms with Gasteiger partial charge in [0.05, 0.1) is 7.11 Å². The maximum Gasteiger partial charge on any atom is 0.246 e. The van der Waals surface area contributed by atoms with Gasteiger partial charge < -0.3 is 20.3 Å². The number of benzene rings is 2. The molecule has 0 fully saturated rings. The molecule has 0 aromatic heterocycles. The molecule has 0 bridgehead atoms. The number of thiocarbonyl (C=S) groups is 1. The molecule has 5 nitrogen and oxygen atoms in total. The fraction of sp³-hybridized carbons (Fsp3) is 0.333. The minimum Gasteiger partial charge on any atom is -0.497 e. The van der Waals surface area contributed by atoms with Crippen LogP contribution < -0.4 is 15.4 Å². The lowest BCUT2D eigenvalue weighted by Gasteiger charge is -2.30. The number of hydrogen-bond acceptors (Lipinski definition) is 3. The second-order valence-corrected chi connectivity index (χ2v) is 7.20. The van der Waals surface area contributed by atoms with Crippen molar-refractivity contribution in [3.63, 3.8) is 0 Å². The van der Waals surface area contributed by atoms with E-state index < -0.39 is 6.04 Å². The van der Waals surface area contributed by atoms with Crippen LogP contribution in [0.4, 0.5) is 5.69 Å². The molecule has 2 aromatic rings. The zero-order valence-electron chi connectivity index (χ0n) is 16.4. The molecule has 0 unspecified atom stereocenters. The lowest BCUT2D eigenvalue weighted by atomic mass is 10.2. The molecular formula is C21H26ClN3O2S. The molecule has 1 atom stereocenters. The van der Waals surface area contributed by atoms with Crippen LogP contribution in [0.25, 0.3) is 0 Å². The molecular weight excluding hydrogens is 394 g/mol. The van der Waals surface area contributed by atoms with Crippen molar-refractivity contribution in [3.8, 4) is 5.75 Å². The summed E-state index contributed by atoms with van der Waals surface area (Å²) >= 11 is 11.5. The first kappa shape index (κ1) is 22.0. The number of ether oxygens (including phenoxy) is 1. The lowest BCUT2D eigenvalue weighted by Crippen LogP contribution is -2.49. The first-order valence-corrected chi connectivity index (χ1v) is 9.97. The van der Waals surface area contributed by atoms with E-state index in [1.807, 2.05) is 36.1 Å². The van der Waals surface area contributed by atoms with E-state index in [0.717, 1.165) is 17.7 Å². The Morgan fingerprint density at radius 2 is 1.96 bits per heavy atom. The number of carbonyl (C=O) groups excluding carboxylic acids is 1. The van der Waals surface area contributed by atoms with Gasteiger partial charge in [-0.2, -0.15) is 0 Å². The van der Waals surface area contributed by atoms with Crippen LogP contribution in [-0.2, 0) is 11.3 Å². The van der Waals surface area contributed by atoms with Gasteiger partial charge in [-0.05, 0) is 61.5 Å². The highest BCUT2D eigenvalue weighted by molar-refractivity contribution is 7.80.